The van der Waals surface area contributed by atoms with Crippen molar-refractivity contribution in [3.63, 3.8) is 0 Å². The van der Waals surface area contributed by atoms with Crippen LogP contribution in [-0.2, 0) is 16.0 Å². The van der Waals surface area contributed by atoms with Gasteiger partial charge < -0.3 is 9.84 Å². The normalized spacial score (nSPS) is 12.6. The summed E-state index contributed by atoms with van der Waals surface area (Å²) in [6.07, 6.45) is -0.445. The van der Waals surface area contributed by atoms with E-state index in [0.717, 1.165) is 15.4 Å². The van der Waals surface area contributed by atoms with Crippen LogP contribution < -0.4 is 0 Å². The maximum Gasteiger partial charge on any atom is 0.410 e. The highest BCUT2D eigenvalue weighted by Gasteiger charge is 2.30. The molecule has 1 amide bonds. The first-order valence-corrected chi connectivity index (χ1v) is 7.01. The summed E-state index contributed by atoms with van der Waals surface area (Å²) < 4.78 is 5.20. The van der Waals surface area contributed by atoms with Gasteiger partial charge in [0.15, 0.2) is 0 Å². The summed E-state index contributed by atoms with van der Waals surface area (Å²) in [5, 5.41) is 9.34. The molecule has 0 saturated heterocycles. The molecule has 21 heavy (non-hydrogen) atoms. The van der Waals surface area contributed by atoms with Gasteiger partial charge in [-0.1, -0.05) is 12.1 Å². The molecule has 1 unspecified atom stereocenters. The van der Waals surface area contributed by atoms with Crippen molar-refractivity contribution in [2.45, 2.75) is 43.7 Å². The first-order chi connectivity index (χ1) is 9.60. The van der Waals surface area contributed by atoms with Crippen LogP contribution in [0.2, 0.25) is 0 Å². The highest BCUT2D eigenvalue weighted by molar-refractivity contribution is 7.80. The van der Waals surface area contributed by atoms with Crippen LogP contribution in [0, 0.1) is 0 Å². The Balaban J connectivity index is 2.83. The van der Waals surface area contributed by atoms with Crippen LogP contribution in [0.5, 0.6) is 0 Å². The van der Waals surface area contributed by atoms with Gasteiger partial charge in [-0.05, 0) is 38.5 Å². The SMILES string of the molecule is CN(C(=O)OC(C)(C)C)C(Cc1ccc(S)cc1)C(=O)O. The van der Waals surface area contributed by atoms with Crippen LogP contribution in [0.1, 0.15) is 26.3 Å². The van der Waals surface area contributed by atoms with Gasteiger partial charge >= 0.3 is 12.1 Å². The number of carbonyl (C=O) groups is 2. The summed E-state index contributed by atoms with van der Waals surface area (Å²) in [6.45, 7) is 5.21. The molecular formula is C15H21NO4S. The van der Waals surface area contributed by atoms with Crippen molar-refractivity contribution in [3.05, 3.63) is 29.8 Å². The van der Waals surface area contributed by atoms with E-state index in [1.165, 1.54) is 7.05 Å². The second-order valence-corrected chi connectivity index (χ2v) is 6.33. The van der Waals surface area contributed by atoms with Crippen molar-refractivity contribution < 1.29 is 19.4 Å². The number of hydrogen-bond acceptors (Lipinski definition) is 4. The van der Waals surface area contributed by atoms with Crippen molar-refractivity contribution in [3.8, 4) is 0 Å². The largest absolute Gasteiger partial charge is 0.480 e. The molecule has 0 aromatic heterocycles. The fourth-order valence-electron chi connectivity index (χ4n) is 1.71. The number of rotatable bonds is 4. The number of likely N-dealkylation sites (N-methyl/N-ethyl adjacent to an activating group) is 1. The average Bonchev–Trinajstić information content (AvgIpc) is 2.34. The molecule has 0 fully saturated rings. The topological polar surface area (TPSA) is 66.8 Å². The molecule has 0 radical (unpaired) electrons. The van der Waals surface area contributed by atoms with Crippen LogP contribution in [0.3, 0.4) is 0 Å². The Kier molecular flexibility index (Phi) is 5.66. The number of benzene rings is 1. The van der Waals surface area contributed by atoms with E-state index in [9.17, 15) is 14.7 Å². The molecule has 0 aliphatic heterocycles. The van der Waals surface area contributed by atoms with Crippen molar-refractivity contribution in [1.82, 2.24) is 4.90 Å². The molecule has 0 saturated carbocycles. The quantitative estimate of drug-likeness (QED) is 0.839. The van der Waals surface area contributed by atoms with Gasteiger partial charge in [-0.25, -0.2) is 9.59 Å². The zero-order valence-electron chi connectivity index (χ0n) is 12.7. The third-order valence-corrected chi connectivity index (χ3v) is 3.10. The van der Waals surface area contributed by atoms with Gasteiger partial charge in [-0.2, -0.15) is 0 Å². The van der Waals surface area contributed by atoms with Crippen LogP contribution in [0.4, 0.5) is 4.79 Å². The summed E-state index contributed by atoms with van der Waals surface area (Å²) in [4.78, 5) is 25.3. The summed E-state index contributed by atoms with van der Waals surface area (Å²) in [7, 11) is 1.43. The third-order valence-electron chi connectivity index (χ3n) is 2.80. The van der Waals surface area contributed by atoms with Gasteiger partial charge in [0.1, 0.15) is 11.6 Å². The number of thiol groups is 1. The van der Waals surface area contributed by atoms with E-state index in [1.807, 2.05) is 0 Å². The monoisotopic (exact) mass is 311 g/mol. The Bertz CT molecular complexity index is 507. The lowest BCUT2D eigenvalue weighted by Crippen LogP contribution is -2.46. The summed E-state index contributed by atoms with van der Waals surface area (Å²) >= 11 is 4.18. The molecular weight excluding hydrogens is 290 g/mol. The maximum absolute atomic E-state index is 12.0. The Morgan fingerprint density at radius 2 is 1.81 bits per heavy atom. The number of aliphatic carboxylic acids is 1. The van der Waals surface area contributed by atoms with E-state index < -0.39 is 23.7 Å². The number of nitrogens with zero attached hydrogens (tertiary/aromatic N) is 1. The van der Waals surface area contributed by atoms with E-state index in [0.29, 0.717) is 0 Å². The molecule has 1 rings (SSSR count). The fraction of sp³-hybridized carbons (Fsp3) is 0.467. The number of carboxylic acid groups (broad SMARTS) is 1. The summed E-state index contributed by atoms with van der Waals surface area (Å²) in [5.74, 6) is -1.07. The van der Waals surface area contributed by atoms with Crippen LogP contribution >= 0.6 is 12.6 Å². The highest BCUT2D eigenvalue weighted by Crippen LogP contribution is 2.15. The Labute approximate surface area is 130 Å². The first-order valence-electron chi connectivity index (χ1n) is 6.56. The summed E-state index contributed by atoms with van der Waals surface area (Å²) in [5.41, 5.74) is 0.151. The minimum atomic E-state index is -1.07. The molecule has 1 aromatic rings. The second-order valence-electron chi connectivity index (χ2n) is 5.82. The Hall–Kier alpha value is -1.69. The number of amides is 1. The van der Waals surface area contributed by atoms with Crippen LogP contribution in [0.15, 0.2) is 29.2 Å². The molecule has 1 N–H and O–H groups in total. The predicted molar refractivity (Wildman–Crippen MR) is 82.8 cm³/mol. The van der Waals surface area contributed by atoms with Gasteiger partial charge in [-0.15, -0.1) is 12.6 Å². The molecule has 0 aliphatic rings. The predicted octanol–water partition coefficient (Wildman–Crippen LogP) is 2.84. The lowest BCUT2D eigenvalue weighted by molar-refractivity contribution is -0.142. The van der Waals surface area contributed by atoms with Gasteiger partial charge in [0.05, 0.1) is 0 Å². The van der Waals surface area contributed by atoms with Crippen molar-refractivity contribution in [2.24, 2.45) is 0 Å². The number of ether oxygens (including phenoxy) is 1. The third kappa shape index (κ3) is 5.67. The zero-order chi connectivity index (χ0) is 16.2. The number of hydrogen-bond donors (Lipinski definition) is 2. The van der Waals surface area contributed by atoms with Crippen molar-refractivity contribution >= 4 is 24.7 Å². The Morgan fingerprint density at radius 3 is 2.24 bits per heavy atom. The molecule has 1 aromatic carbocycles. The van der Waals surface area contributed by atoms with E-state index in [2.05, 4.69) is 12.6 Å². The van der Waals surface area contributed by atoms with Gasteiger partial charge in [-0.3, -0.25) is 4.90 Å². The van der Waals surface area contributed by atoms with Crippen molar-refractivity contribution in [2.75, 3.05) is 7.05 Å². The molecule has 0 aliphatic carbocycles. The standard InChI is InChI=1S/C15H21NO4S/c1-15(2,3)20-14(19)16(4)12(13(17)18)9-10-5-7-11(21)8-6-10/h5-8,12,21H,9H2,1-4H3,(H,17,18). The maximum atomic E-state index is 12.0. The molecule has 0 heterocycles. The van der Waals surface area contributed by atoms with Gasteiger partial charge in [0, 0.05) is 18.4 Å². The van der Waals surface area contributed by atoms with Crippen molar-refractivity contribution in [1.29, 1.82) is 0 Å². The summed E-state index contributed by atoms with van der Waals surface area (Å²) in [6, 6.07) is 6.17. The average molecular weight is 311 g/mol. The lowest BCUT2D eigenvalue weighted by atomic mass is 10.1. The molecule has 6 heteroatoms. The van der Waals surface area contributed by atoms with E-state index in [1.54, 1.807) is 45.0 Å². The Morgan fingerprint density at radius 1 is 1.29 bits per heavy atom. The zero-order valence-corrected chi connectivity index (χ0v) is 13.6. The molecule has 5 nitrogen and oxygen atoms in total. The van der Waals surface area contributed by atoms with Gasteiger partial charge in [0.25, 0.3) is 0 Å². The van der Waals surface area contributed by atoms with E-state index >= 15 is 0 Å². The fourth-order valence-corrected chi connectivity index (χ4v) is 1.86. The lowest BCUT2D eigenvalue weighted by Gasteiger charge is -2.28. The second kappa shape index (κ2) is 6.85. The minimum absolute atomic E-state index is 0.207. The van der Waals surface area contributed by atoms with Crippen LogP contribution in [0.25, 0.3) is 0 Å². The number of carbonyl (C=O) groups excluding carboxylic acids is 1. The molecule has 0 spiro atoms. The van der Waals surface area contributed by atoms with Gasteiger partial charge in [0.2, 0.25) is 0 Å². The molecule has 1 atom stereocenters. The minimum Gasteiger partial charge on any atom is -0.480 e. The molecule has 0 bridgehead atoms. The number of carboxylic acids is 1. The highest BCUT2D eigenvalue weighted by atomic mass is 32.1. The van der Waals surface area contributed by atoms with E-state index in [-0.39, 0.29) is 6.42 Å². The van der Waals surface area contributed by atoms with Crippen LogP contribution in [-0.4, -0.2) is 40.8 Å². The first kappa shape index (κ1) is 17.4. The smallest absolute Gasteiger partial charge is 0.410 e. The molecule has 116 valence electrons. The van der Waals surface area contributed by atoms with E-state index in [4.69, 9.17) is 4.74 Å².